The van der Waals surface area contributed by atoms with E-state index >= 15 is 0 Å². The number of carbonyl (C=O) groups is 2. The molecule has 0 aromatic heterocycles. The predicted octanol–water partition coefficient (Wildman–Crippen LogP) is 2.51. The molecule has 2 rings (SSSR count). The van der Waals surface area contributed by atoms with E-state index in [4.69, 9.17) is 5.11 Å². The van der Waals surface area contributed by atoms with Crippen molar-refractivity contribution in [1.82, 2.24) is 0 Å². The van der Waals surface area contributed by atoms with Gasteiger partial charge in [-0.05, 0) is 37.1 Å². The minimum atomic E-state index is -0.914. The number of carboxylic acids is 1. The van der Waals surface area contributed by atoms with E-state index in [0.717, 1.165) is 6.42 Å². The number of Topliss-reactive ketones (excluding diaryl/α,β-unsaturated/α-hetero) is 1. The lowest BCUT2D eigenvalue weighted by molar-refractivity contribution is -0.142. The minimum absolute atomic E-state index is 0.185. The molecule has 1 aliphatic carbocycles. The lowest BCUT2D eigenvalue weighted by Gasteiger charge is -2.14. The normalized spacial score (nSPS) is 23.6. The molecule has 3 nitrogen and oxygen atoms in total. The maximum Gasteiger partial charge on any atom is 0.307 e. The molecule has 2 atom stereocenters. The summed E-state index contributed by atoms with van der Waals surface area (Å²) in [6, 6.07) is 5.26. The molecule has 0 spiro atoms. The van der Waals surface area contributed by atoms with Crippen LogP contribution in [0.25, 0.3) is 0 Å². The molecule has 0 aliphatic heterocycles. The second-order valence-electron chi connectivity index (χ2n) is 4.35. The molecule has 17 heavy (non-hydrogen) atoms. The Balaban J connectivity index is 2.19. The molecule has 4 heteroatoms. The number of carbonyl (C=O) groups excluding carboxylic acids is 1. The van der Waals surface area contributed by atoms with E-state index in [1.807, 2.05) is 0 Å². The van der Waals surface area contributed by atoms with E-state index in [2.05, 4.69) is 0 Å². The quantitative estimate of drug-likeness (QED) is 0.820. The van der Waals surface area contributed by atoms with Crippen molar-refractivity contribution in [3.63, 3.8) is 0 Å². The topological polar surface area (TPSA) is 54.4 Å². The third-order valence-corrected chi connectivity index (χ3v) is 3.30. The molecule has 1 saturated carbocycles. The lowest BCUT2D eigenvalue weighted by atomic mass is 9.88. The zero-order valence-electron chi connectivity index (χ0n) is 9.23. The van der Waals surface area contributed by atoms with Crippen molar-refractivity contribution in [2.24, 2.45) is 11.8 Å². The Morgan fingerprint density at radius 1 is 1.12 bits per heavy atom. The summed E-state index contributed by atoms with van der Waals surface area (Å²) in [6.45, 7) is 0. The van der Waals surface area contributed by atoms with E-state index in [1.165, 1.54) is 24.3 Å². The van der Waals surface area contributed by atoms with E-state index in [9.17, 15) is 14.0 Å². The van der Waals surface area contributed by atoms with E-state index in [1.54, 1.807) is 0 Å². The van der Waals surface area contributed by atoms with Crippen molar-refractivity contribution in [1.29, 1.82) is 0 Å². The Hall–Kier alpha value is -1.71. The minimum Gasteiger partial charge on any atom is -0.481 e. The second kappa shape index (κ2) is 4.65. The Labute approximate surface area is 98.3 Å². The summed E-state index contributed by atoms with van der Waals surface area (Å²) in [4.78, 5) is 23.1. The molecule has 1 fully saturated rings. The molecule has 90 valence electrons. The number of ketones is 1. The first-order chi connectivity index (χ1) is 8.09. The lowest BCUT2D eigenvalue weighted by Crippen LogP contribution is -2.25. The van der Waals surface area contributed by atoms with Gasteiger partial charge < -0.3 is 5.11 Å². The van der Waals surface area contributed by atoms with Crippen molar-refractivity contribution in [2.75, 3.05) is 0 Å². The Morgan fingerprint density at radius 3 is 2.29 bits per heavy atom. The van der Waals surface area contributed by atoms with Crippen molar-refractivity contribution in [3.05, 3.63) is 35.6 Å². The summed E-state index contributed by atoms with van der Waals surface area (Å²) in [5.41, 5.74) is 0.393. The van der Waals surface area contributed by atoms with Gasteiger partial charge in [0.15, 0.2) is 5.78 Å². The number of benzene rings is 1. The Kier molecular flexibility index (Phi) is 3.22. The van der Waals surface area contributed by atoms with Crippen LogP contribution in [0.1, 0.15) is 29.6 Å². The van der Waals surface area contributed by atoms with Crippen LogP contribution in [0.2, 0.25) is 0 Å². The standard InChI is InChI=1S/C13H13FO3/c14-9-6-4-8(5-7-9)12(15)10-2-1-3-11(10)13(16)17/h4-7,10-11H,1-3H2,(H,16,17)/t10-,11-/m0/s1. The zero-order valence-corrected chi connectivity index (χ0v) is 9.23. The van der Waals surface area contributed by atoms with Gasteiger partial charge in [0.1, 0.15) is 5.82 Å². The van der Waals surface area contributed by atoms with Crippen LogP contribution < -0.4 is 0 Å². The fraction of sp³-hybridized carbons (Fsp3) is 0.385. The molecular formula is C13H13FO3. The maximum absolute atomic E-state index is 12.7. The number of rotatable bonds is 3. The van der Waals surface area contributed by atoms with Gasteiger partial charge in [-0.1, -0.05) is 6.42 Å². The SMILES string of the molecule is O=C(O)[C@H]1CCC[C@@H]1C(=O)c1ccc(F)cc1. The van der Waals surface area contributed by atoms with Gasteiger partial charge in [0.25, 0.3) is 0 Å². The number of aliphatic carboxylic acids is 1. The van der Waals surface area contributed by atoms with Gasteiger partial charge in [-0.3, -0.25) is 9.59 Å². The summed E-state index contributed by atoms with van der Waals surface area (Å²) in [7, 11) is 0. The van der Waals surface area contributed by atoms with Crippen LogP contribution in [-0.4, -0.2) is 16.9 Å². The van der Waals surface area contributed by atoms with Crippen LogP contribution in [0.3, 0.4) is 0 Å². The number of hydrogen-bond acceptors (Lipinski definition) is 2. The van der Waals surface area contributed by atoms with Gasteiger partial charge >= 0.3 is 5.97 Å². The average Bonchev–Trinajstić information content (AvgIpc) is 2.78. The third-order valence-electron chi connectivity index (χ3n) is 3.30. The van der Waals surface area contributed by atoms with Gasteiger partial charge in [0.05, 0.1) is 5.92 Å². The highest BCUT2D eigenvalue weighted by Crippen LogP contribution is 2.34. The first kappa shape index (κ1) is 11.8. The fourth-order valence-electron chi connectivity index (χ4n) is 2.40. The van der Waals surface area contributed by atoms with Gasteiger partial charge in [-0.15, -0.1) is 0 Å². The summed E-state index contributed by atoms with van der Waals surface area (Å²) in [6.07, 6.45) is 1.91. The van der Waals surface area contributed by atoms with Gasteiger partial charge in [0, 0.05) is 11.5 Å². The molecule has 0 heterocycles. The summed E-state index contributed by atoms with van der Waals surface area (Å²) < 4.78 is 12.7. The highest BCUT2D eigenvalue weighted by atomic mass is 19.1. The highest BCUT2D eigenvalue weighted by molar-refractivity contribution is 6.00. The molecule has 1 aromatic rings. The first-order valence-corrected chi connectivity index (χ1v) is 5.62. The number of carboxylic acid groups (broad SMARTS) is 1. The summed E-state index contributed by atoms with van der Waals surface area (Å²) >= 11 is 0. The third kappa shape index (κ3) is 2.35. The predicted molar refractivity (Wildman–Crippen MR) is 59.2 cm³/mol. The molecule has 0 unspecified atom stereocenters. The molecule has 1 aromatic carbocycles. The van der Waals surface area contributed by atoms with E-state index in [0.29, 0.717) is 18.4 Å². The zero-order chi connectivity index (χ0) is 12.4. The van der Waals surface area contributed by atoms with Crippen molar-refractivity contribution >= 4 is 11.8 Å². The Bertz CT molecular complexity index is 438. The molecule has 1 aliphatic rings. The van der Waals surface area contributed by atoms with Gasteiger partial charge in [-0.25, -0.2) is 4.39 Å². The molecule has 0 amide bonds. The smallest absolute Gasteiger partial charge is 0.307 e. The summed E-state index contributed by atoms with van der Waals surface area (Å²) in [5.74, 6) is -2.55. The fourth-order valence-corrected chi connectivity index (χ4v) is 2.40. The highest BCUT2D eigenvalue weighted by Gasteiger charge is 2.37. The number of hydrogen-bond donors (Lipinski definition) is 1. The second-order valence-corrected chi connectivity index (χ2v) is 4.35. The van der Waals surface area contributed by atoms with Crippen molar-refractivity contribution < 1.29 is 19.1 Å². The molecular weight excluding hydrogens is 223 g/mol. The van der Waals surface area contributed by atoms with Crippen LogP contribution in [-0.2, 0) is 4.79 Å². The Morgan fingerprint density at radius 2 is 1.71 bits per heavy atom. The van der Waals surface area contributed by atoms with E-state index < -0.39 is 23.6 Å². The van der Waals surface area contributed by atoms with Crippen LogP contribution in [0.4, 0.5) is 4.39 Å². The number of halogens is 1. The summed E-state index contributed by atoms with van der Waals surface area (Å²) in [5, 5.41) is 9.01. The van der Waals surface area contributed by atoms with Crippen molar-refractivity contribution in [2.45, 2.75) is 19.3 Å². The van der Waals surface area contributed by atoms with E-state index in [-0.39, 0.29) is 5.78 Å². The van der Waals surface area contributed by atoms with Crippen molar-refractivity contribution in [3.8, 4) is 0 Å². The van der Waals surface area contributed by atoms with Crippen LogP contribution in [0, 0.1) is 17.7 Å². The monoisotopic (exact) mass is 236 g/mol. The van der Waals surface area contributed by atoms with Gasteiger partial charge in [0.2, 0.25) is 0 Å². The van der Waals surface area contributed by atoms with Crippen LogP contribution in [0.5, 0.6) is 0 Å². The van der Waals surface area contributed by atoms with Gasteiger partial charge in [-0.2, -0.15) is 0 Å². The first-order valence-electron chi connectivity index (χ1n) is 5.62. The molecule has 0 radical (unpaired) electrons. The average molecular weight is 236 g/mol. The maximum atomic E-state index is 12.7. The van der Waals surface area contributed by atoms with Crippen LogP contribution in [0.15, 0.2) is 24.3 Å². The molecule has 1 N–H and O–H groups in total. The molecule has 0 saturated heterocycles. The largest absolute Gasteiger partial charge is 0.481 e. The molecule has 0 bridgehead atoms. The van der Waals surface area contributed by atoms with Crippen LogP contribution >= 0.6 is 0 Å².